The molecule has 2 aromatic heterocycles. The molecule has 4 aromatic carbocycles. The lowest BCUT2D eigenvalue weighted by Gasteiger charge is -2.14. The second-order valence-corrected chi connectivity index (χ2v) is 14.0. The molecular formula is C31H28N12O8S2. The van der Waals surface area contributed by atoms with Gasteiger partial charge in [-0.05, 0) is 48.9 Å². The summed E-state index contributed by atoms with van der Waals surface area (Å²) in [5.74, 6) is 0.134. The first-order chi connectivity index (χ1) is 25.1. The van der Waals surface area contributed by atoms with Crippen LogP contribution in [0.1, 0.15) is 23.3 Å². The predicted octanol–water partition coefficient (Wildman–Crippen LogP) is 5.39. The van der Waals surface area contributed by atoms with E-state index in [0.29, 0.717) is 11.6 Å². The molecule has 6 aromatic rings. The lowest BCUT2D eigenvalue weighted by molar-refractivity contribution is 0.471. The van der Waals surface area contributed by atoms with Gasteiger partial charge in [-0.3, -0.25) is 9.11 Å². The minimum absolute atomic E-state index is 0.00480. The van der Waals surface area contributed by atoms with Crippen molar-refractivity contribution in [3.63, 3.8) is 0 Å². The Kier molecular flexibility index (Phi) is 9.61. The highest BCUT2D eigenvalue weighted by Gasteiger charge is 2.25. The first-order valence-corrected chi connectivity index (χ1v) is 18.0. The lowest BCUT2D eigenvalue weighted by atomic mass is 10.1. The van der Waals surface area contributed by atoms with Gasteiger partial charge < -0.3 is 20.8 Å². The van der Waals surface area contributed by atoms with Crippen LogP contribution in [0.25, 0.3) is 21.5 Å². The number of azo groups is 2. The summed E-state index contributed by atoms with van der Waals surface area (Å²) in [5.41, 5.74) is -0.349. The zero-order valence-corrected chi connectivity index (χ0v) is 29.7. The maximum absolute atomic E-state index is 12.0. The van der Waals surface area contributed by atoms with Crippen molar-refractivity contribution in [3.8, 4) is 11.5 Å². The van der Waals surface area contributed by atoms with Crippen molar-refractivity contribution in [2.24, 2.45) is 20.5 Å². The molecule has 20 nitrogen and oxygen atoms in total. The summed E-state index contributed by atoms with van der Waals surface area (Å²) in [5, 5.41) is 43.6. The van der Waals surface area contributed by atoms with Gasteiger partial charge in [0.25, 0.3) is 20.2 Å². The molecule has 0 spiro atoms. The highest BCUT2D eigenvalue weighted by Crippen LogP contribution is 2.45. The van der Waals surface area contributed by atoms with E-state index in [4.69, 9.17) is 0 Å². The number of aryl methyl sites for hydroxylation is 2. The summed E-state index contributed by atoms with van der Waals surface area (Å²) >= 11 is 0. The van der Waals surface area contributed by atoms with Gasteiger partial charge in [-0.15, -0.1) is 0 Å². The molecule has 53 heavy (non-hydrogen) atoms. The smallest absolute Gasteiger partial charge is 0.296 e. The number of aromatic hydroxyl groups is 2. The molecule has 0 atom stereocenters. The largest absolute Gasteiger partial charge is 0.505 e. The van der Waals surface area contributed by atoms with Crippen LogP contribution < -0.4 is 10.6 Å². The molecule has 6 rings (SSSR count). The first-order valence-electron chi connectivity index (χ1n) is 15.2. The third-order valence-corrected chi connectivity index (χ3v) is 9.24. The van der Waals surface area contributed by atoms with Crippen molar-refractivity contribution in [3.05, 3.63) is 71.8 Å². The van der Waals surface area contributed by atoms with Gasteiger partial charge in [0.05, 0.1) is 17.8 Å². The van der Waals surface area contributed by atoms with Crippen molar-refractivity contribution in [2.75, 3.05) is 24.7 Å². The second kappa shape index (κ2) is 14.0. The van der Waals surface area contributed by atoms with Crippen LogP contribution in [0.3, 0.4) is 0 Å². The molecule has 0 aliphatic heterocycles. The number of aromatic nitrogens is 6. The van der Waals surface area contributed by atoms with Crippen molar-refractivity contribution in [2.45, 2.75) is 30.1 Å². The Bertz CT molecular complexity index is 2560. The number of hydrogen-bond acceptors (Lipinski definition) is 18. The van der Waals surface area contributed by atoms with Gasteiger partial charge in [-0.2, -0.15) is 57.2 Å². The third-order valence-electron chi connectivity index (χ3n) is 7.51. The van der Waals surface area contributed by atoms with E-state index < -0.39 is 52.9 Å². The molecule has 0 fully saturated rings. The summed E-state index contributed by atoms with van der Waals surface area (Å²) in [6.07, 6.45) is -0.00480. The Morgan fingerprint density at radius 1 is 0.623 bits per heavy atom. The lowest BCUT2D eigenvalue weighted by Crippen LogP contribution is -2.10. The predicted molar refractivity (Wildman–Crippen MR) is 190 cm³/mol. The number of nitrogens with zero attached hydrogens (tertiary/aromatic N) is 10. The van der Waals surface area contributed by atoms with Crippen LogP contribution in [0.2, 0.25) is 0 Å². The highest BCUT2D eigenvalue weighted by molar-refractivity contribution is 7.86. The van der Waals surface area contributed by atoms with Crippen LogP contribution in [0.5, 0.6) is 11.5 Å². The summed E-state index contributed by atoms with van der Waals surface area (Å²) in [6.45, 7) is 3.26. The summed E-state index contributed by atoms with van der Waals surface area (Å²) in [4.78, 5) is 25.2. The zero-order chi connectivity index (χ0) is 38.2. The minimum atomic E-state index is -4.76. The van der Waals surface area contributed by atoms with E-state index in [1.165, 1.54) is 26.2 Å². The number of phenolic OH excluding ortho intramolecular Hbond substituents is 2. The molecule has 0 aliphatic carbocycles. The molecule has 0 radical (unpaired) electrons. The normalized spacial score (nSPS) is 12.3. The average Bonchev–Trinajstić information content (AvgIpc) is 3.05. The van der Waals surface area contributed by atoms with E-state index in [1.54, 1.807) is 38.1 Å². The fraction of sp³-hybridized carbons (Fsp3) is 0.161. The van der Waals surface area contributed by atoms with Crippen LogP contribution in [0, 0.1) is 13.8 Å². The van der Waals surface area contributed by atoms with Crippen molar-refractivity contribution in [1.82, 2.24) is 29.9 Å². The average molecular weight is 761 g/mol. The number of fused-ring (bicyclic) bond motifs is 2. The Morgan fingerprint density at radius 2 is 1.02 bits per heavy atom. The topological polar surface area (TPSA) is 300 Å². The quantitative estimate of drug-likeness (QED) is 0.0753. The molecule has 0 aliphatic rings. The first kappa shape index (κ1) is 36.4. The molecule has 0 saturated carbocycles. The molecule has 272 valence electrons. The van der Waals surface area contributed by atoms with Crippen molar-refractivity contribution in [1.29, 1.82) is 0 Å². The van der Waals surface area contributed by atoms with Crippen LogP contribution in [-0.2, 0) is 26.7 Å². The van der Waals surface area contributed by atoms with E-state index in [1.807, 2.05) is 0 Å². The maximum Gasteiger partial charge on any atom is 0.296 e. The van der Waals surface area contributed by atoms with E-state index >= 15 is 0 Å². The molecule has 6 N–H and O–H groups in total. The van der Waals surface area contributed by atoms with Gasteiger partial charge in [0, 0.05) is 24.9 Å². The van der Waals surface area contributed by atoms with E-state index in [-0.39, 0.29) is 62.9 Å². The van der Waals surface area contributed by atoms with E-state index in [0.717, 1.165) is 12.1 Å². The Hall–Kier alpha value is -6.36. The number of nitrogens with one attached hydrogen (secondary N) is 2. The standard InChI is InChI=1S/C31H28N12O8S2/c1-14-34-22(40-30(36-14)38-18-9-5-7-16-11-20(52(46,47)48)26(42-32-3)28(44)24(16)18)13-23-35-15(2)37-31(41-23)39-19-10-6-8-17-12-21(53(49,50)51)27(43-33-4)29(45)25(17)19/h5-12,44-45H,13H2,1-4H3,(H,46,47,48)(H,49,50,51)(H,34,36,38,40)(H,35,37,39,41). The highest BCUT2D eigenvalue weighted by atomic mass is 32.2. The summed E-state index contributed by atoms with van der Waals surface area (Å²) in [7, 11) is -6.97. The van der Waals surface area contributed by atoms with Crippen LogP contribution in [0.4, 0.5) is 34.6 Å². The van der Waals surface area contributed by atoms with E-state index in [9.17, 15) is 36.2 Å². The molecule has 0 saturated heterocycles. The van der Waals surface area contributed by atoms with Gasteiger partial charge >= 0.3 is 0 Å². The van der Waals surface area contributed by atoms with Crippen LogP contribution in [-0.4, -0.2) is 80.2 Å². The molecule has 22 heteroatoms. The van der Waals surface area contributed by atoms with E-state index in [2.05, 4.69) is 61.0 Å². The number of hydrogen-bond donors (Lipinski definition) is 6. The third kappa shape index (κ3) is 7.50. The number of rotatable bonds is 10. The SMILES string of the molecule is CN=Nc1c(S(=O)(=O)O)cc2cccc(Nc3nc(C)nc(Cc4nc(C)nc(Nc5cccc6cc(S(=O)(=O)O)c(N=NC)c(O)c56)n4)n3)c2c1O. The Balaban J connectivity index is 1.34. The van der Waals surface area contributed by atoms with Crippen LogP contribution in [0.15, 0.2) is 78.8 Å². The van der Waals surface area contributed by atoms with Crippen molar-refractivity contribution >= 4 is 76.4 Å². The summed E-state index contributed by atoms with van der Waals surface area (Å²) < 4.78 is 67.6. The number of phenols is 2. The minimum Gasteiger partial charge on any atom is -0.505 e. The summed E-state index contributed by atoms with van der Waals surface area (Å²) in [6, 6.07) is 11.8. The molecule has 0 bridgehead atoms. The van der Waals surface area contributed by atoms with Gasteiger partial charge in [0.2, 0.25) is 11.9 Å². The molecule has 0 unspecified atom stereocenters. The fourth-order valence-electron chi connectivity index (χ4n) is 5.52. The number of anilines is 4. The van der Waals surface area contributed by atoms with Gasteiger partial charge in [0.1, 0.15) is 44.5 Å². The van der Waals surface area contributed by atoms with Gasteiger partial charge in [-0.1, -0.05) is 24.3 Å². The van der Waals surface area contributed by atoms with Gasteiger partial charge in [0.15, 0.2) is 11.5 Å². The zero-order valence-electron chi connectivity index (χ0n) is 28.0. The Labute approximate surface area is 300 Å². The van der Waals surface area contributed by atoms with Gasteiger partial charge in [-0.25, -0.2) is 9.97 Å². The maximum atomic E-state index is 12.0. The molecule has 2 heterocycles. The monoisotopic (exact) mass is 760 g/mol. The Morgan fingerprint density at radius 3 is 1.38 bits per heavy atom. The van der Waals surface area contributed by atoms with Crippen LogP contribution >= 0.6 is 0 Å². The second-order valence-electron chi connectivity index (χ2n) is 11.2. The molecular weight excluding hydrogens is 733 g/mol. The number of benzene rings is 4. The molecule has 0 amide bonds. The fourth-order valence-corrected chi connectivity index (χ4v) is 6.84. The van der Waals surface area contributed by atoms with Crippen molar-refractivity contribution < 1.29 is 36.2 Å².